The van der Waals surface area contributed by atoms with Crippen molar-refractivity contribution in [1.82, 2.24) is 8.61 Å². The Bertz CT molecular complexity index is 461. The lowest BCUT2D eigenvalue weighted by molar-refractivity contribution is -0.172. The van der Waals surface area contributed by atoms with Gasteiger partial charge in [0.1, 0.15) is 6.04 Å². The summed E-state index contributed by atoms with van der Waals surface area (Å²) in [6.45, 7) is 6.32. The Labute approximate surface area is 133 Å². The van der Waals surface area contributed by atoms with E-state index in [0.717, 1.165) is 5.56 Å². The van der Waals surface area contributed by atoms with Crippen LogP contribution in [-0.4, -0.2) is 47.6 Å². The third-order valence-electron chi connectivity index (χ3n) is 3.49. The van der Waals surface area contributed by atoms with Crippen LogP contribution in [0, 0.1) is 6.92 Å². The average molecular weight is 334 g/mol. The third-order valence-corrected chi connectivity index (χ3v) is 4.77. The molecule has 1 aliphatic heterocycles. The van der Waals surface area contributed by atoms with Crippen LogP contribution >= 0.6 is 12.1 Å². The van der Waals surface area contributed by atoms with Crippen LogP contribution in [0.1, 0.15) is 24.1 Å². The molecule has 0 bridgehead atoms. The molecule has 1 saturated heterocycles. The van der Waals surface area contributed by atoms with Gasteiger partial charge in [-0.1, -0.05) is 36.8 Å². The maximum Gasteiger partial charge on any atom is 0.409 e. The first-order chi connectivity index (χ1) is 10.4. The van der Waals surface area contributed by atoms with Crippen LogP contribution in [0.4, 0.5) is 13.2 Å². The highest BCUT2D eigenvalue weighted by Gasteiger charge is 2.45. The molecule has 22 heavy (non-hydrogen) atoms. The molecule has 3 nitrogen and oxygen atoms in total. The molecule has 1 heterocycles. The van der Waals surface area contributed by atoms with E-state index in [0.29, 0.717) is 32.8 Å². The van der Waals surface area contributed by atoms with Gasteiger partial charge in [0.25, 0.3) is 0 Å². The first kappa shape index (κ1) is 17.6. The summed E-state index contributed by atoms with van der Waals surface area (Å²) < 4.78 is 49.4. The Morgan fingerprint density at radius 1 is 1.23 bits per heavy atom. The van der Waals surface area contributed by atoms with Gasteiger partial charge in [-0.2, -0.15) is 13.2 Å². The number of nitrogens with zero attached hydrogens (tertiary/aromatic N) is 2. The summed E-state index contributed by atoms with van der Waals surface area (Å²) >= 11 is 1.17. The maximum absolute atomic E-state index is 13.6. The summed E-state index contributed by atoms with van der Waals surface area (Å²) in [5.41, 5.74) is 1.23. The van der Waals surface area contributed by atoms with Crippen molar-refractivity contribution in [2.75, 3.05) is 32.8 Å². The molecule has 1 aliphatic rings. The minimum atomic E-state index is -4.31. The number of morpholine rings is 1. The van der Waals surface area contributed by atoms with Crippen LogP contribution in [0.15, 0.2) is 24.3 Å². The van der Waals surface area contributed by atoms with Crippen molar-refractivity contribution >= 4 is 12.1 Å². The van der Waals surface area contributed by atoms with E-state index in [1.54, 1.807) is 31.2 Å². The summed E-state index contributed by atoms with van der Waals surface area (Å²) in [5, 5.41) is 0. The number of halogens is 3. The lowest BCUT2D eigenvalue weighted by Crippen LogP contribution is -2.40. The Morgan fingerprint density at radius 2 is 1.82 bits per heavy atom. The number of alkyl halides is 3. The van der Waals surface area contributed by atoms with Crippen molar-refractivity contribution in [3.8, 4) is 0 Å². The highest BCUT2D eigenvalue weighted by atomic mass is 32.2. The van der Waals surface area contributed by atoms with E-state index < -0.39 is 12.2 Å². The fourth-order valence-corrected chi connectivity index (χ4v) is 3.39. The van der Waals surface area contributed by atoms with Gasteiger partial charge < -0.3 is 4.74 Å². The van der Waals surface area contributed by atoms with Crippen LogP contribution in [-0.2, 0) is 4.74 Å². The molecule has 1 fully saturated rings. The second-order valence-electron chi connectivity index (χ2n) is 5.21. The number of aryl methyl sites for hydroxylation is 1. The van der Waals surface area contributed by atoms with E-state index >= 15 is 0 Å². The largest absolute Gasteiger partial charge is 0.409 e. The summed E-state index contributed by atoms with van der Waals surface area (Å²) in [7, 11) is 0. The molecule has 1 aromatic rings. The van der Waals surface area contributed by atoms with Crippen molar-refractivity contribution in [3.05, 3.63) is 35.4 Å². The van der Waals surface area contributed by atoms with Gasteiger partial charge in [-0.15, -0.1) is 0 Å². The molecule has 0 radical (unpaired) electrons. The lowest BCUT2D eigenvalue weighted by Gasteiger charge is -2.36. The Hall–Kier alpha value is -0.760. The molecule has 2 rings (SSSR count). The van der Waals surface area contributed by atoms with Crippen molar-refractivity contribution in [3.63, 3.8) is 0 Å². The van der Waals surface area contributed by atoms with E-state index in [2.05, 4.69) is 0 Å². The van der Waals surface area contributed by atoms with Crippen molar-refractivity contribution < 1.29 is 17.9 Å². The molecular formula is C15H21F3N2OS. The second-order valence-corrected chi connectivity index (χ2v) is 6.36. The topological polar surface area (TPSA) is 15.7 Å². The standard InChI is InChI=1S/C15H21F3N2OS/c1-3-20(22-19-8-10-21-11-9-19)14(15(16,17)18)13-6-4-12(2)5-7-13/h4-7,14H,3,8-11H2,1-2H3/t14-/m1/s1. The van der Waals surface area contributed by atoms with Crippen LogP contribution in [0.3, 0.4) is 0 Å². The third kappa shape index (κ3) is 4.62. The van der Waals surface area contributed by atoms with Gasteiger partial charge in [0.2, 0.25) is 0 Å². The van der Waals surface area contributed by atoms with Crippen LogP contribution in [0.25, 0.3) is 0 Å². The molecule has 0 aromatic heterocycles. The molecule has 124 valence electrons. The van der Waals surface area contributed by atoms with Gasteiger partial charge in [0, 0.05) is 31.8 Å². The Morgan fingerprint density at radius 3 is 2.32 bits per heavy atom. The fourth-order valence-electron chi connectivity index (χ4n) is 2.33. The van der Waals surface area contributed by atoms with Gasteiger partial charge in [-0.3, -0.25) is 0 Å². The average Bonchev–Trinajstić information content (AvgIpc) is 2.48. The van der Waals surface area contributed by atoms with E-state index in [9.17, 15) is 13.2 Å². The molecule has 1 aromatic carbocycles. The zero-order valence-corrected chi connectivity index (χ0v) is 13.6. The van der Waals surface area contributed by atoms with Gasteiger partial charge in [0.15, 0.2) is 0 Å². The predicted octanol–water partition coefficient (Wildman–Crippen LogP) is 3.82. The second kappa shape index (κ2) is 7.68. The van der Waals surface area contributed by atoms with Crippen molar-refractivity contribution in [1.29, 1.82) is 0 Å². The normalized spacial score (nSPS) is 18.6. The quantitative estimate of drug-likeness (QED) is 0.761. The molecule has 7 heteroatoms. The Balaban J connectivity index is 2.20. The Kier molecular flexibility index (Phi) is 6.14. The van der Waals surface area contributed by atoms with E-state index in [1.807, 2.05) is 11.2 Å². The number of ether oxygens (including phenoxy) is 1. The molecule has 0 spiro atoms. The van der Waals surface area contributed by atoms with Gasteiger partial charge in [0.05, 0.1) is 13.2 Å². The molecular weight excluding hydrogens is 313 g/mol. The minimum Gasteiger partial charge on any atom is -0.379 e. The molecule has 0 aliphatic carbocycles. The van der Waals surface area contributed by atoms with Crippen LogP contribution in [0.5, 0.6) is 0 Å². The fraction of sp³-hybridized carbons (Fsp3) is 0.600. The summed E-state index contributed by atoms with van der Waals surface area (Å²) in [5.74, 6) is 0. The molecule has 1 atom stereocenters. The van der Waals surface area contributed by atoms with Crippen molar-refractivity contribution in [2.45, 2.75) is 26.1 Å². The summed E-state index contributed by atoms with van der Waals surface area (Å²) in [6.07, 6.45) is -4.31. The van der Waals surface area contributed by atoms with Crippen LogP contribution in [0.2, 0.25) is 0 Å². The highest BCUT2D eigenvalue weighted by molar-refractivity contribution is 7.94. The van der Waals surface area contributed by atoms with Gasteiger partial charge in [-0.05, 0) is 12.5 Å². The maximum atomic E-state index is 13.6. The van der Waals surface area contributed by atoms with E-state index in [1.165, 1.54) is 16.4 Å². The zero-order valence-electron chi connectivity index (χ0n) is 12.8. The summed E-state index contributed by atoms with van der Waals surface area (Å²) in [6, 6.07) is 4.97. The molecule has 0 unspecified atom stereocenters. The first-order valence-electron chi connectivity index (χ1n) is 7.32. The van der Waals surface area contributed by atoms with Gasteiger partial charge in [-0.25, -0.2) is 8.61 Å². The molecule has 0 saturated carbocycles. The zero-order chi connectivity index (χ0) is 16.2. The SMILES string of the molecule is CCN(SN1CCOCC1)[C@H](c1ccc(C)cc1)C(F)(F)F. The first-order valence-corrected chi connectivity index (χ1v) is 8.05. The molecule has 0 N–H and O–H groups in total. The lowest BCUT2D eigenvalue weighted by atomic mass is 10.0. The summed E-state index contributed by atoms with van der Waals surface area (Å²) in [4.78, 5) is 0. The smallest absolute Gasteiger partial charge is 0.379 e. The van der Waals surface area contributed by atoms with Crippen LogP contribution < -0.4 is 0 Å². The van der Waals surface area contributed by atoms with E-state index in [4.69, 9.17) is 4.74 Å². The number of hydrogen-bond donors (Lipinski definition) is 0. The monoisotopic (exact) mass is 334 g/mol. The number of rotatable bonds is 5. The predicted molar refractivity (Wildman–Crippen MR) is 82.3 cm³/mol. The van der Waals surface area contributed by atoms with Crippen molar-refractivity contribution in [2.24, 2.45) is 0 Å². The van der Waals surface area contributed by atoms with Gasteiger partial charge >= 0.3 is 6.18 Å². The molecule has 0 amide bonds. The van der Waals surface area contributed by atoms with E-state index in [-0.39, 0.29) is 5.56 Å². The minimum absolute atomic E-state index is 0.278. The number of benzene rings is 1. The highest BCUT2D eigenvalue weighted by Crippen LogP contribution is 2.41. The number of hydrogen-bond acceptors (Lipinski definition) is 4.